The fourth-order valence-electron chi connectivity index (χ4n) is 2.31. The van der Waals surface area contributed by atoms with Crippen molar-refractivity contribution in [2.24, 2.45) is 13.0 Å². The highest BCUT2D eigenvalue weighted by Gasteiger charge is 2.20. The van der Waals surface area contributed by atoms with Crippen LogP contribution in [0.3, 0.4) is 0 Å². The number of hydrogen-bond acceptors (Lipinski definition) is 3. The van der Waals surface area contributed by atoms with Crippen LogP contribution < -0.4 is 5.32 Å². The lowest BCUT2D eigenvalue weighted by atomic mass is 9.87. The van der Waals surface area contributed by atoms with E-state index in [0.29, 0.717) is 18.2 Å². The molecule has 94 valence electrons. The third kappa shape index (κ3) is 3.30. The van der Waals surface area contributed by atoms with Crippen LogP contribution in [-0.2, 0) is 7.05 Å². The van der Waals surface area contributed by atoms with Gasteiger partial charge in [0, 0.05) is 19.8 Å². The first kappa shape index (κ1) is 12.1. The highest BCUT2D eigenvalue weighted by molar-refractivity contribution is 5.91. The maximum Gasteiger partial charge on any atom is 0.271 e. The molecule has 1 amide bonds. The summed E-state index contributed by atoms with van der Waals surface area (Å²) in [7, 11) is 1.83. The molecule has 2 N–H and O–H groups in total. The SMILES string of the molecule is Cn1cnc(C(=O)NCC2CCCC(O)C2)c1. The van der Waals surface area contributed by atoms with Gasteiger partial charge in [-0.05, 0) is 25.2 Å². The zero-order chi connectivity index (χ0) is 12.3. The van der Waals surface area contributed by atoms with Crippen LogP contribution in [0.25, 0.3) is 0 Å². The maximum atomic E-state index is 11.7. The number of aliphatic hydroxyl groups excluding tert-OH is 1. The summed E-state index contributed by atoms with van der Waals surface area (Å²) in [5.41, 5.74) is 0.448. The molecule has 0 radical (unpaired) electrons. The van der Waals surface area contributed by atoms with E-state index in [-0.39, 0.29) is 12.0 Å². The van der Waals surface area contributed by atoms with Gasteiger partial charge in [-0.25, -0.2) is 4.98 Å². The summed E-state index contributed by atoms with van der Waals surface area (Å²) in [6.07, 6.45) is 6.93. The van der Waals surface area contributed by atoms with Crippen molar-refractivity contribution in [3.05, 3.63) is 18.2 Å². The Bertz CT molecular complexity index is 389. The predicted molar refractivity (Wildman–Crippen MR) is 63.5 cm³/mol. The first-order chi connectivity index (χ1) is 8.15. The van der Waals surface area contributed by atoms with Crippen LogP contribution >= 0.6 is 0 Å². The first-order valence-electron chi connectivity index (χ1n) is 6.09. The molecule has 2 rings (SSSR count). The van der Waals surface area contributed by atoms with Gasteiger partial charge in [0.2, 0.25) is 0 Å². The van der Waals surface area contributed by atoms with Gasteiger partial charge in [-0.2, -0.15) is 0 Å². The average Bonchev–Trinajstić information content (AvgIpc) is 2.73. The highest BCUT2D eigenvalue weighted by atomic mass is 16.3. The molecule has 0 aliphatic heterocycles. The summed E-state index contributed by atoms with van der Waals surface area (Å²) >= 11 is 0. The lowest BCUT2D eigenvalue weighted by Crippen LogP contribution is -2.33. The number of imidazole rings is 1. The second-order valence-electron chi connectivity index (χ2n) is 4.82. The Morgan fingerprint density at radius 1 is 1.65 bits per heavy atom. The number of nitrogens with zero attached hydrogens (tertiary/aromatic N) is 2. The van der Waals surface area contributed by atoms with E-state index in [1.165, 1.54) is 0 Å². The standard InChI is InChI=1S/C12H19N3O2/c1-15-7-11(14-8-15)12(17)13-6-9-3-2-4-10(16)5-9/h7-10,16H,2-6H2,1H3,(H,13,17). The van der Waals surface area contributed by atoms with Gasteiger partial charge in [0.15, 0.2) is 0 Å². The van der Waals surface area contributed by atoms with Gasteiger partial charge in [-0.1, -0.05) is 6.42 Å². The van der Waals surface area contributed by atoms with Gasteiger partial charge in [0.1, 0.15) is 5.69 Å². The van der Waals surface area contributed by atoms with E-state index >= 15 is 0 Å². The molecule has 0 bridgehead atoms. The molecular formula is C12H19N3O2. The smallest absolute Gasteiger partial charge is 0.271 e. The number of aliphatic hydroxyl groups is 1. The van der Waals surface area contributed by atoms with E-state index in [9.17, 15) is 9.90 Å². The molecule has 1 aliphatic rings. The highest BCUT2D eigenvalue weighted by Crippen LogP contribution is 2.23. The quantitative estimate of drug-likeness (QED) is 0.813. The van der Waals surface area contributed by atoms with Crippen molar-refractivity contribution in [2.75, 3.05) is 6.54 Å². The Hall–Kier alpha value is -1.36. The van der Waals surface area contributed by atoms with E-state index < -0.39 is 0 Å². The van der Waals surface area contributed by atoms with Crippen LogP contribution in [0.2, 0.25) is 0 Å². The fourth-order valence-corrected chi connectivity index (χ4v) is 2.31. The zero-order valence-corrected chi connectivity index (χ0v) is 10.1. The van der Waals surface area contributed by atoms with E-state index in [1.54, 1.807) is 17.1 Å². The van der Waals surface area contributed by atoms with Crippen molar-refractivity contribution in [3.8, 4) is 0 Å². The van der Waals surface area contributed by atoms with Crippen LogP contribution in [-0.4, -0.2) is 33.2 Å². The number of nitrogens with one attached hydrogen (secondary N) is 1. The van der Waals surface area contributed by atoms with E-state index in [1.807, 2.05) is 7.05 Å². The molecule has 5 nitrogen and oxygen atoms in total. The monoisotopic (exact) mass is 237 g/mol. The minimum atomic E-state index is -0.194. The molecule has 2 atom stereocenters. The number of hydrogen-bond donors (Lipinski definition) is 2. The Morgan fingerprint density at radius 2 is 2.47 bits per heavy atom. The number of aryl methyl sites for hydroxylation is 1. The van der Waals surface area contributed by atoms with Crippen molar-refractivity contribution in [1.82, 2.24) is 14.9 Å². The molecular weight excluding hydrogens is 218 g/mol. The molecule has 2 unspecified atom stereocenters. The van der Waals surface area contributed by atoms with Crippen LogP contribution in [0.4, 0.5) is 0 Å². The third-order valence-electron chi connectivity index (χ3n) is 3.24. The maximum absolute atomic E-state index is 11.7. The van der Waals surface area contributed by atoms with Crippen molar-refractivity contribution in [3.63, 3.8) is 0 Å². The summed E-state index contributed by atoms with van der Waals surface area (Å²) in [4.78, 5) is 15.7. The van der Waals surface area contributed by atoms with Gasteiger partial charge >= 0.3 is 0 Å². The molecule has 1 aromatic heterocycles. The molecule has 17 heavy (non-hydrogen) atoms. The summed E-state index contributed by atoms with van der Waals surface area (Å²) in [5.74, 6) is 0.261. The summed E-state index contributed by atoms with van der Waals surface area (Å²) in [6.45, 7) is 0.631. The Morgan fingerprint density at radius 3 is 3.12 bits per heavy atom. The lowest BCUT2D eigenvalue weighted by Gasteiger charge is -2.25. The minimum Gasteiger partial charge on any atom is -0.393 e. The largest absolute Gasteiger partial charge is 0.393 e. The van der Waals surface area contributed by atoms with Crippen molar-refractivity contribution < 1.29 is 9.90 Å². The molecule has 1 fully saturated rings. The molecule has 1 saturated carbocycles. The van der Waals surface area contributed by atoms with Crippen molar-refractivity contribution in [1.29, 1.82) is 0 Å². The van der Waals surface area contributed by atoms with Crippen LogP contribution in [0, 0.1) is 5.92 Å². The second-order valence-corrected chi connectivity index (χ2v) is 4.82. The lowest BCUT2D eigenvalue weighted by molar-refractivity contribution is 0.0870. The number of carbonyl (C=O) groups excluding carboxylic acids is 1. The molecule has 1 aromatic rings. The zero-order valence-electron chi connectivity index (χ0n) is 10.1. The van der Waals surface area contributed by atoms with Crippen molar-refractivity contribution >= 4 is 5.91 Å². The molecule has 0 aromatic carbocycles. The van der Waals surface area contributed by atoms with Gasteiger partial charge < -0.3 is 15.0 Å². The normalized spacial score (nSPS) is 24.6. The predicted octanol–water partition coefficient (Wildman–Crippen LogP) is 0.701. The first-order valence-corrected chi connectivity index (χ1v) is 6.09. The van der Waals surface area contributed by atoms with Gasteiger partial charge in [0.05, 0.1) is 12.4 Å². The number of aromatic nitrogens is 2. The van der Waals surface area contributed by atoms with Gasteiger partial charge in [-0.3, -0.25) is 4.79 Å². The topological polar surface area (TPSA) is 67.2 Å². The summed E-state index contributed by atoms with van der Waals surface area (Å²) in [6, 6.07) is 0. The van der Waals surface area contributed by atoms with E-state index in [4.69, 9.17) is 0 Å². The van der Waals surface area contributed by atoms with E-state index in [0.717, 1.165) is 25.7 Å². The number of carbonyl (C=O) groups is 1. The Balaban J connectivity index is 1.80. The fraction of sp³-hybridized carbons (Fsp3) is 0.667. The Labute approximate surface area is 101 Å². The molecule has 1 heterocycles. The molecule has 0 spiro atoms. The van der Waals surface area contributed by atoms with Crippen molar-refractivity contribution in [2.45, 2.75) is 31.8 Å². The Kier molecular flexibility index (Phi) is 3.78. The third-order valence-corrected chi connectivity index (χ3v) is 3.24. The molecule has 0 saturated heterocycles. The van der Waals surface area contributed by atoms with Crippen LogP contribution in [0.15, 0.2) is 12.5 Å². The molecule has 1 aliphatic carbocycles. The van der Waals surface area contributed by atoms with E-state index in [2.05, 4.69) is 10.3 Å². The second kappa shape index (κ2) is 5.31. The summed E-state index contributed by atoms with van der Waals surface area (Å²) < 4.78 is 1.75. The number of amides is 1. The average molecular weight is 237 g/mol. The van der Waals surface area contributed by atoms with Crippen LogP contribution in [0.1, 0.15) is 36.2 Å². The minimum absolute atomic E-state index is 0.134. The summed E-state index contributed by atoms with van der Waals surface area (Å²) in [5, 5.41) is 12.4. The number of rotatable bonds is 3. The van der Waals surface area contributed by atoms with Gasteiger partial charge in [0.25, 0.3) is 5.91 Å². The molecule has 5 heteroatoms. The van der Waals surface area contributed by atoms with Crippen LogP contribution in [0.5, 0.6) is 0 Å². The van der Waals surface area contributed by atoms with Gasteiger partial charge in [-0.15, -0.1) is 0 Å².